The number of H-pyrrole nitrogens is 1. The lowest BCUT2D eigenvalue weighted by Gasteiger charge is -2.19. The van der Waals surface area contributed by atoms with Crippen molar-refractivity contribution in [2.75, 3.05) is 0 Å². The average Bonchev–Trinajstić information content (AvgIpc) is 3.15. The number of Topliss-reactive ketones (excluding diaryl/α,β-unsaturated/α-hetero) is 1. The fourth-order valence-electron chi connectivity index (χ4n) is 2.91. The predicted molar refractivity (Wildman–Crippen MR) is 116 cm³/mol. The Hall–Kier alpha value is -2.40. The Morgan fingerprint density at radius 3 is 2.29 bits per heavy atom. The van der Waals surface area contributed by atoms with Gasteiger partial charge in [-0.3, -0.25) is 9.89 Å². The van der Waals surface area contributed by atoms with Crippen LogP contribution in [0.2, 0.25) is 0 Å². The van der Waals surface area contributed by atoms with Gasteiger partial charge < -0.3 is 0 Å². The van der Waals surface area contributed by atoms with E-state index in [4.69, 9.17) is 0 Å². The maximum absolute atomic E-state index is 12.8. The number of rotatable bonds is 6. The first-order chi connectivity index (χ1) is 13.3. The van der Waals surface area contributed by atoms with E-state index in [-0.39, 0.29) is 16.4 Å². The highest BCUT2D eigenvalue weighted by atomic mass is 32.2. The topological polar surface area (TPSA) is 58.6 Å². The van der Waals surface area contributed by atoms with Crippen LogP contribution in [-0.2, 0) is 11.8 Å². The summed E-state index contributed by atoms with van der Waals surface area (Å²) in [6, 6.07) is 16.2. The van der Waals surface area contributed by atoms with Gasteiger partial charge in [-0.15, -0.1) is 5.10 Å². The number of hydrogen-bond acceptors (Lipinski definition) is 4. The van der Waals surface area contributed by atoms with Crippen LogP contribution in [0.15, 0.2) is 53.7 Å². The maximum Gasteiger partial charge on any atom is 0.209 e. The molecule has 4 nitrogen and oxygen atoms in total. The summed E-state index contributed by atoms with van der Waals surface area (Å²) < 4.78 is 0. The van der Waals surface area contributed by atoms with Crippen LogP contribution in [0, 0.1) is 0 Å². The van der Waals surface area contributed by atoms with E-state index >= 15 is 0 Å². The first-order valence-corrected chi connectivity index (χ1v) is 10.5. The highest BCUT2D eigenvalue weighted by molar-refractivity contribution is 8.00. The molecule has 0 saturated carbocycles. The maximum atomic E-state index is 12.8. The summed E-state index contributed by atoms with van der Waals surface area (Å²) in [4.78, 5) is 17.3. The second kappa shape index (κ2) is 8.31. The van der Waals surface area contributed by atoms with Crippen molar-refractivity contribution in [3.8, 4) is 11.4 Å². The quantitative estimate of drug-likeness (QED) is 0.431. The minimum atomic E-state index is -0.258. The van der Waals surface area contributed by atoms with Crippen LogP contribution in [0.25, 0.3) is 11.4 Å². The first-order valence-electron chi connectivity index (χ1n) is 9.61. The molecule has 0 saturated heterocycles. The van der Waals surface area contributed by atoms with Crippen LogP contribution in [0.1, 0.15) is 56.1 Å². The molecule has 28 heavy (non-hydrogen) atoms. The number of aromatic amines is 1. The number of aryl methyl sites for hydroxylation is 1. The summed E-state index contributed by atoms with van der Waals surface area (Å²) in [6.45, 7) is 10.5. The standard InChI is InChI=1S/C23H27N3OS/c1-6-16-7-9-18(10-8-16)21-24-22(26-25-21)28-15(2)20(27)17-11-13-19(14-12-17)23(3,4)5/h7-15H,6H2,1-5H3,(H,24,25,26)/t15-/m0/s1. The summed E-state index contributed by atoms with van der Waals surface area (Å²) in [5.41, 5.74) is 4.30. The lowest BCUT2D eigenvalue weighted by atomic mass is 9.86. The van der Waals surface area contributed by atoms with Crippen LogP contribution >= 0.6 is 11.8 Å². The van der Waals surface area contributed by atoms with E-state index in [1.54, 1.807) is 0 Å². The summed E-state index contributed by atoms with van der Waals surface area (Å²) in [5.74, 6) is 0.809. The average molecular weight is 394 g/mol. The molecule has 0 bridgehead atoms. The van der Waals surface area contributed by atoms with Gasteiger partial charge in [-0.2, -0.15) is 0 Å². The smallest absolute Gasteiger partial charge is 0.209 e. The molecule has 1 heterocycles. The first kappa shape index (κ1) is 20.3. The highest BCUT2D eigenvalue weighted by Gasteiger charge is 2.20. The van der Waals surface area contributed by atoms with Gasteiger partial charge in [0.15, 0.2) is 11.6 Å². The van der Waals surface area contributed by atoms with Gasteiger partial charge in [-0.1, -0.05) is 88.0 Å². The van der Waals surface area contributed by atoms with E-state index in [0.717, 1.165) is 23.4 Å². The molecule has 1 atom stereocenters. The van der Waals surface area contributed by atoms with Gasteiger partial charge in [-0.25, -0.2) is 4.98 Å². The van der Waals surface area contributed by atoms with Gasteiger partial charge in [0.2, 0.25) is 5.16 Å². The summed E-state index contributed by atoms with van der Waals surface area (Å²) in [5, 5.41) is 7.57. The van der Waals surface area contributed by atoms with Gasteiger partial charge in [0.05, 0.1) is 5.25 Å². The molecule has 5 heteroatoms. The van der Waals surface area contributed by atoms with Gasteiger partial charge in [0.25, 0.3) is 0 Å². The number of carbonyl (C=O) groups excluding carboxylic acids is 1. The van der Waals surface area contributed by atoms with E-state index in [2.05, 4.69) is 55.0 Å². The largest absolute Gasteiger partial charge is 0.293 e. The van der Waals surface area contributed by atoms with E-state index in [1.807, 2.05) is 43.3 Å². The fourth-order valence-corrected chi connectivity index (χ4v) is 3.71. The molecule has 2 aromatic carbocycles. The molecule has 0 radical (unpaired) electrons. The molecule has 3 rings (SSSR count). The van der Waals surface area contributed by atoms with E-state index in [9.17, 15) is 4.79 Å². The minimum absolute atomic E-state index is 0.0760. The van der Waals surface area contributed by atoms with Crippen molar-refractivity contribution in [1.29, 1.82) is 0 Å². The molecule has 0 aliphatic rings. The van der Waals surface area contributed by atoms with Crippen LogP contribution in [-0.4, -0.2) is 26.2 Å². The molecule has 0 aliphatic heterocycles. The number of carbonyl (C=O) groups is 1. The molecule has 0 spiro atoms. The Labute approximate surface area is 171 Å². The molecule has 0 amide bonds. The number of hydrogen-bond donors (Lipinski definition) is 1. The molecule has 146 valence electrons. The third-order valence-electron chi connectivity index (χ3n) is 4.79. The predicted octanol–water partition coefficient (Wildman–Crippen LogP) is 5.70. The van der Waals surface area contributed by atoms with Gasteiger partial charge in [0.1, 0.15) is 0 Å². The molecule has 1 aromatic heterocycles. The number of ketones is 1. The lowest BCUT2D eigenvalue weighted by Crippen LogP contribution is -2.15. The van der Waals surface area contributed by atoms with Crippen LogP contribution in [0.3, 0.4) is 0 Å². The van der Waals surface area contributed by atoms with Crippen molar-refractivity contribution >= 4 is 17.5 Å². The number of nitrogens with zero attached hydrogens (tertiary/aromatic N) is 2. The minimum Gasteiger partial charge on any atom is -0.293 e. The van der Waals surface area contributed by atoms with Crippen molar-refractivity contribution < 1.29 is 4.79 Å². The molecule has 0 aliphatic carbocycles. The summed E-state index contributed by atoms with van der Waals surface area (Å²) in [7, 11) is 0. The highest BCUT2D eigenvalue weighted by Crippen LogP contribution is 2.27. The third-order valence-corrected chi connectivity index (χ3v) is 5.75. The van der Waals surface area contributed by atoms with Gasteiger partial charge in [-0.05, 0) is 29.9 Å². The molecule has 1 N–H and O–H groups in total. The van der Waals surface area contributed by atoms with Crippen molar-refractivity contribution in [2.45, 2.75) is 56.9 Å². The second-order valence-electron chi connectivity index (χ2n) is 7.97. The monoisotopic (exact) mass is 393 g/mol. The molecular weight excluding hydrogens is 366 g/mol. The Bertz CT molecular complexity index is 937. The van der Waals surface area contributed by atoms with Crippen molar-refractivity contribution in [3.05, 3.63) is 65.2 Å². The number of aromatic nitrogens is 3. The van der Waals surface area contributed by atoms with Crippen molar-refractivity contribution in [1.82, 2.24) is 15.2 Å². The molecular formula is C23H27N3OS. The number of nitrogens with one attached hydrogen (secondary N) is 1. The van der Waals surface area contributed by atoms with E-state index in [1.165, 1.54) is 22.9 Å². The Balaban J connectivity index is 1.68. The van der Waals surface area contributed by atoms with Crippen molar-refractivity contribution in [3.63, 3.8) is 0 Å². The summed E-state index contributed by atoms with van der Waals surface area (Å²) >= 11 is 1.38. The third kappa shape index (κ3) is 4.71. The van der Waals surface area contributed by atoms with Crippen LogP contribution < -0.4 is 0 Å². The molecule has 0 unspecified atom stereocenters. The zero-order valence-electron chi connectivity index (χ0n) is 17.1. The second-order valence-corrected chi connectivity index (χ2v) is 9.28. The SMILES string of the molecule is CCc1ccc(-c2nc(S[C@@H](C)C(=O)c3ccc(C(C)(C)C)cc3)n[nH]2)cc1. The summed E-state index contributed by atoms with van der Waals surface area (Å²) in [6.07, 6.45) is 1.01. The number of thioether (sulfide) groups is 1. The zero-order chi connectivity index (χ0) is 20.3. The van der Waals surface area contributed by atoms with Crippen LogP contribution in [0.5, 0.6) is 0 Å². The fraction of sp³-hybridized carbons (Fsp3) is 0.348. The van der Waals surface area contributed by atoms with E-state index in [0.29, 0.717) is 5.16 Å². The lowest BCUT2D eigenvalue weighted by molar-refractivity contribution is 0.0994. The Morgan fingerprint density at radius 2 is 1.71 bits per heavy atom. The van der Waals surface area contributed by atoms with Crippen LogP contribution in [0.4, 0.5) is 0 Å². The van der Waals surface area contributed by atoms with Crippen molar-refractivity contribution in [2.24, 2.45) is 0 Å². The van der Waals surface area contributed by atoms with E-state index < -0.39 is 0 Å². The molecule has 3 aromatic rings. The number of benzene rings is 2. The van der Waals surface area contributed by atoms with Gasteiger partial charge in [0, 0.05) is 11.1 Å². The van der Waals surface area contributed by atoms with Gasteiger partial charge >= 0.3 is 0 Å². The zero-order valence-corrected chi connectivity index (χ0v) is 17.9. The Kier molecular flexibility index (Phi) is 6.04. The normalized spacial score (nSPS) is 12.8. The Morgan fingerprint density at radius 1 is 1.07 bits per heavy atom. The molecule has 0 fully saturated rings.